The van der Waals surface area contributed by atoms with Gasteiger partial charge in [-0.25, -0.2) is 9.89 Å². The van der Waals surface area contributed by atoms with E-state index in [4.69, 9.17) is 9.15 Å². The number of nitrogens with zero attached hydrogens (tertiary/aromatic N) is 1. The summed E-state index contributed by atoms with van der Waals surface area (Å²) < 4.78 is 10.3. The van der Waals surface area contributed by atoms with Crippen LogP contribution in [0.2, 0.25) is 0 Å². The van der Waals surface area contributed by atoms with E-state index in [0.29, 0.717) is 24.8 Å². The van der Waals surface area contributed by atoms with E-state index in [1.54, 1.807) is 0 Å². The largest absolute Gasteiger partial charge is 0.461 e. The number of nitrogens with one attached hydrogen (secondary N) is 1. The maximum atomic E-state index is 11.9. The molecule has 23 heavy (non-hydrogen) atoms. The summed E-state index contributed by atoms with van der Waals surface area (Å²) in [6.07, 6.45) is 4.04. The van der Waals surface area contributed by atoms with Gasteiger partial charge in [0.05, 0.1) is 0 Å². The Balaban J connectivity index is 1.41. The van der Waals surface area contributed by atoms with Gasteiger partial charge in [0.25, 0.3) is 0 Å². The number of hydrogen-bond donors (Lipinski definition) is 1. The van der Waals surface area contributed by atoms with E-state index >= 15 is 0 Å². The lowest BCUT2D eigenvalue weighted by molar-refractivity contribution is -0.146. The fraction of sp³-hybridized carbons (Fsp3) is 0.471. The Morgan fingerprint density at radius 1 is 1.22 bits per heavy atom. The topological polar surface area (TPSA) is 85.2 Å². The van der Waals surface area contributed by atoms with Crippen LogP contribution in [0.25, 0.3) is 0 Å². The molecule has 1 heterocycles. The summed E-state index contributed by atoms with van der Waals surface area (Å²) in [7, 11) is 0. The van der Waals surface area contributed by atoms with Crippen molar-refractivity contribution in [2.75, 3.05) is 0 Å². The van der Waals surface area contributed by atoms with Crippen LogP contribution in [0.3, 0.4) is 0 Å². The number of rotatable bonds is 5. The molecule has 0 amide bonds. The minimum absolute atomic E-state index is 0.149. The summed E-state index contributed by atoms with van der Waals surface area (Å²) >= 11 is 0. The maximum absolute atomic E-state index is 11.9. The highest BCUT2D eigenvalue weighted by atomic mass is 16.5. The molecular formula is C17H20N2O4. The number of aromatic nitrogens is 2. The number of hydrogen-bond acceptors (Lipinski definition) is 5. The minimum atomic E-state index is -0.508. The van der Waals surface area contributed by atoms with Crippen LogP contribution < -0.4 is 5.76 Å². The van der Waals surface area contributed by atoms with Crippen LogP contribution >= 0.6 is 0 Å². The third kappa shape index (κ3) is 4.31. The molecule has 0 saturated heterocycles. The van der Waals surface area contributed by atoms with Crippen molar-refractivity contribution in [3.63, 3.8) is 0 Å². The maximum Gasteiger partial charge on any atom is 0.434 e. The second-order valence-corrected chi connectivity index (χ2v) is 6.02. The third-order valence-electron chi connectivity index (χ3n) is 4.35. The Morgan fingerprint density at radius 2 is 1.96 bits per heavy atom. The van der Waals surface area contributed by atoms with Crippen molar-refractivity contribution in [1.29, 1.82) is 0 Å². The molecule has 1 saturated carbocycles. The second kappa shape index (κ2) is 7.26. The predicted octanol–water partition coefficient (Wildman–Crippen LogP) is 2.77. The van der Waals surface area contributed by atoms with Gasteiger partial charge in [0.2, 0.25) is 5.89 Å². The first kappa shape index (κ1) is 15.5. The molecule has 0 radical (unpaired) electrons. The molecule has 1 fully saturated rings. The van der Waals surface area contributed by atoms with Gasteiger partial charge in [-0.2, -0.15) is 0 Å². The van der Waals surface area contributed by atoms with Crippen LogP contribution in [0.15, 0.2) is 39.5 Å². The molecule has 0 atom stereocenters. The van der Waals surface area contributed by atoms with Crippen molar-refractivity contribution < 1.29 is 13.9 Å². The van der Waals surface area contributed by atoms with Gasteiger partial charge in [-0.3, -0.25) is 4.79 Å². The minimum Gasteiger partial charge on any atom is -0.461 e. The molecule has 1 N–H and O–H groups in total. The van der Waals surface area contributed by atoms with Crippen molar-refractivity contribution in [1.82, 2.24) is 10.2 Å². The Kier molecular flexibility index (Phi) is 4.90. The average molecular weight is 316 g/mol. The molecule has 6 heteroatoms. The molecule has 0 aliphatic heterocycles. The van der Waals surface area contributed by atoms with E-state index in [1.165, 1.54) is 0 Å². The van der Waals surface area contributed by atoms with Crippen LogP contribution in [0.5, 0.6) is 0 Å². The van der Waals surface area contributed by atoms with Crippen LogP contribution in [0.4, 0.5) is 0 Å². The fourth-order valence-corrected chi connectivity index (χ4v) is 3.06. The summed E-state index contributed by atoms with van der Waals surface area (Å²) in [5.74, 6) is 0.334. The Bertz CT molecular complexity index is 684. The zero-order valence-corrected chi connectivity index (χ0v) is 12.9. The number of ether oxygens (including phenoxy) is 1. The van der Waals surface area contributed by atoms with Crippen molar-refractivity contribution in [2.45, 2.75) is 44.6 Å². The Morgan fingerprint density at radius 3 is 2.61 bits per heavy atom. The van der Waals surface area contributed by atoms with Gasteiger partial charge >= 0.3 is 11.7 Å². The predicted molar refractivity (Wildman–Crippen MR) is 82.7 cm³/mol. The lowest BCUT2D eigenvalue weighted by Gasteiger charge is -2.25. The van der Waals surface area contributed by atoms with Gasteiger partial charge in [0, 0.05) is 12.3 Å². The van der Waals surface area contributed by atoms with Crippen LogP contribution in [-0.4, -0.2) is 16.2 Å². The molecule has 6 nitrogen and oxygen atoms in total. The molecule has 122 valence electrons. The summed E-state index contributed by atoms with van der Waals surface area (Å²) in [6.45, 7) is 0.327. The second-order valence-electron chi connectivity index (χ2n) is 6.02. The smallest absolute Gasteiger partial charge is 0.434 e. The van der Waals surface area contributed by atoms with E-state index < -0.39 is 5.76 Å². The van der Waals surface area contributed by atoms with Crippen molar-refractivity contribution in [2.24, 2.45) is 5.92 Å². The first-order valence-electron chi connectivity index (χ1n) is 7.95. The standard InChI is InChI=1S/C17H20N2O4/c20-15(22-11-13-4-2-1-3-5-13)10-12-6-8-14(9-7-12)16-18-19-17(21)23-16/h1-5,12,14H,6-11H2,(H,19,21). The number of benzene rings is 1. The van der Waals surface area contributed by atoms with Gasteiger partial charge in [-0.05, 0) is 37.2 Å². The summed E-state index contributed by atoms with van der Waals surface area (Å²) in [5.41, 5.74) is 0.998. The van der Waals surface area contributed by atoms with Gasteiger partial charge in [0.1, 0.15) is 6.61 Å². The molecule has 1 aliphatic rings. The zero-order valence-electron chi connectivity index (χ0n) is 12.9. The van der Waals surface area contributed by atoms with E-state index in [2.05, 4.69) is 10.2 Å². The highest BCUT2D eigenvalue weighted by molar-refractivity contribution is 5.69. The van der Waals surface area contributed by atoms with Gasteiger partial charge in [0.15, 0.2) is 0 Å². The van der Waals surface area contributed by atoms with Gasteiger partial charge in [-0.1, -0.05) is 30.3 Å². The molecule has 0 unspecified atom stereocenters. The molecule has 0 bridgehead atoms. The van der Waals surface area contributed by atoms with Gasteiger partial charge in [-0.15, -0.1) is 5.10 Å². The summed E-state index contributed by atoms with van der Waals surface area (Å²) in [6, 6.07) is 9.67. The molecule has 1 aromatic carbocycles. The van der Waals surface area contributed by atoms with Crippen LogP contribution in [0.1, 0.15) is 49.5 Å². The van der Waals surface area contributed by atoms with E-state index in [1.807, 2.05) is 30.3 Å². The quantitative estimate of drug-likeness (QED) is 0.857. The van der Waals surface area contributed by atoms with Crippen LogP contribution in [0, 0.1) is 5.92 Å². The number of aromatic amines is 1. The first-order chi connectivity index (χ1) is 11.2. The number of esters is 1. The van der Waals surface area contributed by atoms with E-state index in [0.717, 1.165) is 31.2 Å². The monoisotopic (exact) mass is 316 g/mol. The molecular weight excluding hydrogens is 296 g/mol. The summed E-state index contributed by atoms with van der Waals surface area (Å²) in [4.78, 5) is 22.9. The molecule has 1 aliphatic carbocycles. The van der Waals surface area contributed by atoms with Crippen molar-refractivity contribution >= 4 is 5.97 Å². The Labute approximate surface area is 133 Å². The van der Waals surface area contributed by atoms with Crippen molar-refractivity contribution in [3.8, 4) is 0 Å². The lowest BCUT2D eigenvalue weighted by atomic mass is 9.80. The fourth-order valence-electron chi connectivity index (χ4n) is 3.06. The number of H-pyrrole nitrogens is 1. The molecule has 2 aromatic rings. The lowest BCUT2D eigenvalue weighted by Crippen LogP contribution is -2.18. The number of carbonyl (C=O) groups excluding carboxylic acids is 1. The number of carbonyl (C=O) groups is 1. The molecule has 3 rings (SSSR count). The highest BCUT2D eigenvalue weighted by Crippen LogP contribution is 2.36. The normalized spacial score (nSPS) is 21.0. The van der Waals surface area contributed by atoms with Crippen LogP contribution in [-0.2, 0) is 16.1 Å². The first-order valence-corrected chi connectivity index (χ1v) is 7.95. The molecule has 1 aromatic heterocycles. The zero-order chi connectivity index (χ0) is 16.1. The summed E-state index contributed by atoms with van der Waals surface area (Å²) in [5, 5.41) is 6.19. The van der Waals surface area contributed by atoms with E-state index in [-0.39, 0.29) is 11.9 Å². The molecule has 0 spiro atoms. The van der Waals surface area contributed by atoms with E-state index in [9.17, 15) is 9.59 Å². The third-order valence-corrected chi connectivity index (χ3v) is 4.35. The Hall–Kier alpha value is -2.37. The van der Waals surface area contributed by atoms with Gasteiger partial charge < -0.3 is 9.15 Å². The SMILES string of the molecule is O=C(CC1CCC(c2n[nH]c(=O)o2)CC1)OCc1ccccc1. The highest BCUT2D eigenvalue weighted by Gasteiger charge is 2.27. The average Bonchev–Trinajstić information content (AvgIpc) is 3.01. The van der Waals surface area contributed by atoms with Crippen molar-refractivity contribution in [3.05, 3.63) is 52.3 Å².